The molecule has 0 aromatic heterocycles. The topological polar surface area (TPSA) is 38.3 Å². The van der Waals surface area contributed by atoms with Gasteiger partial charge in [0.15, 0.2) is 0 Å². The predicted molar refractivity (Wildman–Crippen MR) is 98.3 cm³/mol. The largest absolute Gasteiger partial charge is 0.492 e. The minimum atomic E-state index is -0.0147. The van der Waals surface area contributed by atoms with Crippen molar-refractivity contribution in [2.45, 2.75) is 64.2 Å². The molecular formula is C19H29NO2S. The molecule has 1 unspecified atom stereocenters. The van der Waals surface area contributed by atoms with Gasteiger partial charge >= 0.3 is 0 Å². The first kappa shape index (κ1) is 18.2. The minimum Gasteiger partial charge on any atom is -0.492 e. The van der Waals surface area contributed by atoms with E-state index in [1.165, 1.54) is 24.8 Å². The number of ether oxygens (including phenoxy) is 1. The molecule has 0 saturated heterocycles. The molecule has 3 nitrogen and oxygen atoms in total. The van der Waals surface area contributed by atoms with Crippen LogP contribution >= 0.6 is 11.8 Å². The van der Waals surface area contributed by atoms with Crippen molar-refractivity contribution in [3.05, 3.63) is 29.3 Å². The van der Waals surface area contributed by atoms with Gasteiger partial charge in [-0.1, -0.05) is 31.4 Å². The molecule has 1 fully saturated rings. The number of nitrogens with one attached hydrogen (secondary N) is 1. The number of benzene rings is 1. The fraction of sp³-hybridized carbons (Fsp3) is 0.632. The molecule has 1 atom stereocenters. The molecule has 1 amide bonds. The fourth-order valence-corrected chi connectivity index (χ4v) is 3.63. The van der Waals surface area contributed by atoms with Gasteiger partial charge in [0.2, 0.25) is 5.91 Å². The highest BCUT2D eigenvalue weighted by molar-refractivity contribution is 8.00. The van der Waals surface area contributed by atoms with Gasteiger partial charge < -0.3 is 10.1 Å². The average molecular weight is 336 g/mol. The van der Waals surface area contributed by atoms with Crippen LogP contribution in [-0.2, 0) is 4.79 Å². The summed E-state index contributed by atoms with van der Waals surface area (Å²) < 4.78 is 5.85. The summed E-state index contributed by atoms with van der Waals surface area (Å²) in [5.74, 6) is 1.95. The lowest BCUT2D eigenvalue weighted by Gasteiger charge is -2.24. The Hall–Kier alpha value is -1.16. The second kappa shape index (κ2) is 9.21. The van der Waals surface area contributed by atoms with Crippen molar-refractivity contribution in [3.8, 4) is 5.75 Å². The fourth-order valence-electron chi connectivity index (χ4n) is 2.88. The third-order valence-corrected chi connectivity index (χ3v) is 5.49. The van der Waals surface area contributed by atoms with E-state index in [0.29, 0.717) is 12.6 Å². The van der Waals surface area contributed by atoms with Crippen LogP contribution in [0.4, 0.5) is 0 Å². The van der Waals surface area contributed by atoms with Gasteiger partial charge in [-0.3, -0.25) is 4.79 Å². The summed E-state index contributed by atoms with van der Waals surface area (Å²) in [6.07, 6.45) is 6.08. The Bertz CT molecular complexity index is 512. The number of carbonyl (C=O) groups excluding carboxylic acids is 1. The summed E-state index contributed by atoms with van der Waals surface area (Å²) in [7, 11) is 0. The van der Waals surface area contributed by atoms with Crippen molar-refractivity contribution in [1.29, 1.82) is 0 Å². The zero-order valence-electron chi connectivity index (χ0n) is 14.6. The molecule has 1 aromatic rings. The van der Waals surface area contributed by atoms with Crippen LogP contribution in [-0.4, -0.2) is 29.6 Å². The van der Waals surface area contributed by atoms with Crippen molar-refractivity contribution < 1.29 is 9.53 Å². The molecule has 1 aliphatic rings. The van der Waals surface area contributed by atoms with Gasteiger partial charge in [-0.15, -0.1) is 11.8 Å². The summed E-state index contributed by atoms with van der Waals surface area (Å²) in [6, 6.07) is 6.64. The van der Waals surface area contributed by atoms with E-state index in [-0.39, 0.29) is 11.2 Å². The quantitative estimate of drug-likeness (QED) is 0.757. The number of thioether (sulfide) groups is 1. The van der Waals surface area contributed by atoms with Crippen LogP contribution in [0.15, 0.2) is 18.2 Å². The van der Waals surface area contributed by atoms with Gasteiger partial charge in [0.1, 0.15) is 5.75 Å². The lowest BCUT2D eigenvalue weighted by molar-refractivity contribution is -0.121. The maximum absolute atomic E-state index is 12.2. The van der Waals surface area contributed by atoms with Crippen LogP contribution in [0, 0.1) is 13.8 Å². The molecule has 4 heteroatoms. The number of amides is 1. The van der Waals surface area contributed by atoms with E-state index in [2.05, 4.69) is 37.4 Å². The number of hydrogen-bond acceptors (Lipinski definition) is 3. The SMILES string of the molecule is Cc1ccc(C)c(OCCSC(C)C(=O)NC2CCCCC2)c1. The minimum absolute atomic E-state index is 0.0147. The molecular weight excluding hydrogens is 306 g/mol. The molecule has 0 bridgehead atoms. The number of carbonyl (C=O) groups is 1. The summed E-state index contributed by atoms with van der Waals surface area (Å²) in [5.41, 5.74) is 2.36. The van der Waals surface area contributed by atoms with Crippen molar-refractivity contribution >= 4 is 17.7 Å². The first-order valence-electron chi connectivity index (χ1n) is 8.68. The highest BCUT2D eigenvalue weighted by atomic mass is 32.2. The van der Waals surface area contributed by atoms with Crippen LogP contribution in [0.3, 0.4) is 0 Å². The Morgan fingerprint density at radius 3 is 2.78 bits per heavy atom. The Kier molecular flexibility index (Phi) is 7.28. The van der Waals surface area contributed by atoms with Crippen molar-refractivity contribution in [1.82, 2.24) is 5.32 Å². The lowest BCUT2D eigenvalue weighted by atomic mass is 9.95. The highest BCUT2D eigenvalue weighted by Gasteiger charge is 2.19. The summed E-state index contributed by atoms with van der Waals surface area (Å²) in [6.45, 7) is 6.75. The van der Waals surface area contributed by atoms with Gasteiger partial charge in [0.05, 0.1) is 11.9 Å². The van der Waals surface area contributed by atoms with E-state index < -0.39 is 0 Å². The Morgan fingerprint density at radius 1 is 1.30 bits per heavy atom. The molecule has 0 radical (unpaired) electrons. The van der Waals surface area contributed by atoms with Crippen molar-refractivity contribution in [2.24, 2.45) is 0 Å². The van der Waals surface area contributed by atoms with Gasteiger partial charge in [-0.2, -0.15) is 0 Å². The molecule has 0 aliphatic heterocycles. The first-order chi connectivity index (χ1) is 11.1. The molecule has 0 heterocycles. The number of aryl methyl sites for hydroxylation is 2. The number of hydrogen-bond donors (Lipinski definition) is 1. The zero-order chi connectivity index (χ0) is 16.7. The van der Waals surface area contributed by atoms with E-state index in [9.17, 15) is 4.79 Å². The van der Waals surface area contributed by atoms with Crippen LogP contribution in [0.5, 0.6) is 5.75 Å². The van der Waals surface area contributed by atoms with Gasteiger partial charge in [0.25, 0.3) is 0 Å². The Balaban J connectivity index is 1.66. The Morgan fingerprint density at radius 2 is 2.04 bits per heavy atom. The standard InChI is InChI=1S/C19H29NO2S/c1-14-9-10-15(2)18(13-14)22-11-12-23-16(3)19(21)20-17-7-5-4-6-8-17/h9-10,13,16-17H,4-8,11-12H2,1-3H3,(H,20,21). The zero-order valence-corrected chi connectivity index (χ0v) is 15.4. The van der Waals surface area contributed by atoms with E-state index in [0.717, 1.165) is 29.9 Å². The maximum Gasteiger partial charge on any atom is 0.233 e. The van der Waals surface area contributed by atoms with E-state index in [1.54, 1.807) is 11.8 Å². The van der Waals surface area contributed by atoms with Crippen LogP contribution in [0.1, 0.15) is 50.2 Å². The maximum atomic E-state index is 12.2. The summed E-state index contributed by atoms with van der Waals surface area (Å²) in [4.78, 5) is 12.2. The molecule has 128 valence electrons. The second-order valence-electron chi connectivity index (χ2n) is 6.47. The highest BCUT2D eigenvalue weighted by Crippen LogP contribution is 2.21. The van der Waals surface area contributed by atoms with Crippen molar-refractivity contribution in [2.75, 3.05) is 12.4 Å². The lowest BCUT2D eigenvalue weighted by Crippen LogP contribution is -2.40. The summed E-state index contributed by atoms with van der Waals surface area (Å²) in [5, 5.41) is 3.18. The molecule has 23 heavy (non-hydrogen) atoms. The first-order valence-corrected chi connectivity index (χ1v) is 9.73. The molecule has 1 aliphatic carbocycles. The number of rotatable bonds is 7. The van der Waals surface area contributed by atoms with E-state index in [4.69, 9.17) is 4.74 Å². The molecule has 1 N–H and O–H groups in total. The third-order valence-electron chi connectivity index (χ3n) is 4.37. The average Bonchev–Trinajstić information content (AvgIpc) is 2.55. The normalized spacial score (nSPS) is 16.8. The molecule has 0 spiro atoms. The van der Waals surface area contributed by atoms with E-state index >= 15 is 0 Å². The van der Waals surface area contributed by atoms with Gasteiger partial charge in [-0.05, 0) is 50.8 Å². The third kappa shape index (κ3) is 6.09. The second-order valence-corrected chi connectivity index (χ2v) is 7.92. The smallest absolute Gasteiger partial charge is 0.233 e. The monoisotopic (exact) mass is 335 g/mol. The van der Waals surface area contributed by atoms with Crippen LogP contribution in [0.2, 0.25) is 0 Å². The van der Waals surface area contributed by atoms with Gasteiger partial charge in [0, 0.05) is 11.8 Å². The van der Waals surface area contributed by atoms with Crippen molar-refractivity contribution in [3.63, 3.8) is 0 Å². The summed E-state index contributed by atoms with van der Waals surface area (Å²) >= 11 is 1.67. The van der Waals surface area contributed by atoms with Gasteiger partial charge in [-0.25, -0.2) is 0 Å². The van der Waals surface area contributed by atoms with Crippen LogP contribution < -0.4 is 10.1 Å². The molecule has 1 aromatic carbocycles. The Labute approximate surface area is 144 Å². The van der Waals surface area contributed by atoms with Crippen LogP contribution in [0.25, 0.3) is 0 Å². The van der Waals surface area contributed by atoms with E-state index in [1.807, 2.05) is 6.92 Å². The molecule has 1 saturated carbocycles. The predicted octanol–water partition coefficient (Wildman–Crippen LogP) is 4.25. The molecule has 2 rings (SSSR count).